The highest BCUT2D eigenvalue weighted by Gasteiger charge is 2.23. The monoisotopic (exact) mass is 472 g/mol. The minimum Gasteiger partial charge on any atom is -0.490 e. The van der Waals surface area contributed by atoms with Gasteiger partial charge in [0.1, 0.15) is 18.5 Å². The summed E-state index contributed by atoms with van der Waals surface area (Å²) >= 11 is 0. The number of ketones is 1. The molecule has 1 saturated heterocycles. The molecule has 1 N–H and O–H groups in total. The number of ether oxygens (including phenoxy) is 1. The van der Waals surface area contributed by atoms with E-state index in [0.29, 0.717) is 62.4 Å². The van der Waals surface area contributed by atoms with E-state index < -0.39 is 6.10 Å². The van der Waals surface area contributed by atoms with Gasteiger partial charge in [0.25, 0.3) is 5.91 Å². The maximum absolute atomic E-state index is 12.8. The molecule has 1 fully saturated rings. The summed E-state index contributed by atoms with van der Waals surface area (Å²) in [6.07, 6.45) is 0.382. The summed E-state index contributed by atoms with van der Waals surface area (Å²) in [6, 6.07) is 26.5. The van der Waals surface area contributed by atoms with Crippen molar-refractivity contribution in [1.29, 1.82) is 0 Å². The molecule has 35 heavy (non-hydrogen) atoms. The third-order valence-corrected chi connectivity index (χ3v) is 6.25. The van der Waals surface area contributed by atoms with Crippen molar-refractivity contribution < 1.29 is 19.4 Å². The first-order chi connectivity index (χ1) is 17.1. The van der Waals surface area contributed by atoms with Crippen molar-refractivity contribution in [3.05, 3.63) is 102 Å². The molecule has 182 valence electrons. The molecule has 3 aromatic carbocycles. The van der Waals surface area contributed by atoms with E-state index in [2.05, 4.69) is 4.90 Å². The lowest BCUT2D eigenvalue weighted by atomic mass is 10.0. The summed E-state index contributed by atoms with van der Waals surface area (Å²) in [5, 5.41) is 10.6. The zero-order chi connectivity index (χ0) is 24.5. The molecule has 1 amide bonds. The van der Waals surface area contributed by atoms with E-state index in [4.69, 9.17) is 4.74 Å². The third kappa shape index (κ3) is 7.01. The molecule has 1 atom stereocenters. The van der Waals surface area contributed by atoms with Crippen molar-refractivity contribution in [2.45, 2.75) is 18.9 Å². The molecular weight excluding hydrogens is 440 g/mol. The smallest absolute Gasteiger partial charge is 0.253 e. The van der Waals surface area contributed by atoms with Gasteiger partial charge in [-0.1, -0.05) is 60.7 Å². The molecule has 1 heterocycles. The van der Waals surface area contributed by atoms with Crippen LogP contribution < -0.4 is 4.74 Å². The number of piperazine rings is 1. The molecule has 0 unspecified atom stereocenters. The van der Waals surface area contributed by atoms with E-state index in [1.54, 1.807) is 12.1 Å². The Morgan fingerprint density at radius 1 is 0.829 bits per heavy atom. The van der Waals surface area contributed by atoms with Gasteiger partial charge in [0.2, 0.25) is 0 Å². The number of aliphatic hydroxyl groups excluding tert-OH is 1. The molecule has 0 bridgehead atoms. The average molecular weight is 473 g/mol. The number of aliphatic hydroxyl groups is 1. The van der Waals surface area contributed by atoms with Gasteiger partial charge in [-0.15, -0.1) is 0 Å². The van der Waals surface area contributed by atoms with Gasteiger partial charge in [-0.2, -0.15) is 0 Å². The number of Topliss-reactive ketones (excluding diaryl/α,β-unsaturated/α-hetero) is 1. The SMILES string of the molecule is O=C(CCc1ccccc1)c1ccccc1OC[C@H](O)CN1CCN(C(=O)c2ccccc2)CC1. The Hall–Kier alpha value is -3.48. The van der Waals surface area contributed by atoms with Crippen molar-refractivity contribution in [2.24, 2.45) is 0 Å². The van der Waals surface area contributed by atoms with E-state index in [0.717, 1.165) is 5.56 Å². The zero-order valence-corrected chi connectivity index (χ0v) is 19.9. The second kappa shape index (κ2) is 12.3. The van der Waals surface area contributed by atoms with Crippen LogP contribution in [0.3, 0.4) is 0 Å². The summed E-state index contributed by atoms with van der Waals surface area (Å²) in [6.45, 7) is 3.21. The van der Waals surface area contributed by atoms with Gasteiger partial charge in [-0.05, 0) is 36.2 Å². The number of aryl methyl sites for hydroxylation is 1. The molecule has 0 spiro atoms. The van der Waals surface area contributed by atoms with Crippen LogP contribution in [0.25, 0.3) is 0 Å². The van der Waals surface area contributed by atoms with Crippen LogP contribution in [0.2, 0.25) is 0 Å². The predicted octanol–water partition coefficient (Wildman–Crippen LogP) is 3.70. The highest BCUT2D eigenvalue weighted by molar-refractivity contribution is 5.98. The summed E-state index contributed by atoms with van der Waals surface area (Å²) < 4.78 is 5.87. The molecule has 4 rings (SSSR count). The summed E-state index contributed by atoms with van der Waals surface area (Å²) in [4.78, 5) is 29.4. The van der Waals surface area contributed by atoms with Crippen LogP contribution in [0, 0.1) is 0 Å². The Balaban J connectivity index is 1.23. The number of hydrogen-bond acceptors (Lipinski definition) is 5. The van der Waals surface area contributed by atoms with Gasteiger partial charge < -0.3 is 14.7 Å². The number of benzene rings is 3. The number of para-hydroxylation sites is 1. The second-order valence-corrected chi connectivity index (χ2v) is 8.83. The average Bonchev–Trinajstić information content (AvgIpc) is 2.92. The molecule has 0 aliphatic carbocycles. The molecule has 0 radical (unpaired) electrons. The molecule has 1 aliphatic rings. The lowest BCUT2D eigenvalue weighted by molar-refractivity contribution is 0.0401. The van der Waals surface area contributed by atoms with Gasteiger partial charge in [-0.3, -0.25) is 14.5 Å². The van der Waals surface area contributed by atoms with Crippen LogP contribution in [-0.4, -0.2) is 72.0 Å². The lowest BCUT2D eigenvalue weighted by Crippen LogP contribution is -2.51. The number of rotatable bonds is 10. The van der Waals surface area contributed by atoms with Gasteiger partial charge >= 0.3 is 0 Å². The number of nitrogens with zero attached hydrogens (tertiary/aromatic N) is 2. The van der Waals surface area contributed by atoms with Crippen molar-refractivity contribution in [3.8, 4) is 5.75 Å². The Labute approximate surface area is 206 Å². The number of hydrogen-bond donors (Lipinski definition) is 1. The minimum atomic E-state index is -0.696. The Kier molecular flexibility index (Phi) is 8.65. The Bertz CT molecular complexity index is 1100. The fraction of sp³-hybridized carbons (Fsp3) is 0.310. The van der Waals surface area contributed by atoms with Crippen molar-refractivity contribution >= 4 is 11.7 Å². The highest BCUT2D eigenvalue weighted by Crippen LogP contribution is 2.21. The number of amides is 1. The Morgan fingerprint density at radius 3 is 2.17 bits per heavy atom. The van der Waals surface area contributed by atoms with Crippen molar-refractivity contribution in [3.63, 3.8) is 0 Å². The minimum absolute atomic E-state index is 0.0261. The maximum atomic E-state index is 12.8. The third-order valence-electron chi connectivity index (χ3n) is 6.25. The topological polar surface area (TPSA) is 70.1 Å². The van der Waals surface area contributed by atoms with Gasteiger partial charge in [0.15, 0.2) is 5.78 Å². The first-order valence-electron chi connectivity index (χ1n) is 12.1. The fourth-order valence-electron chi connectivity index (χ4n) is 4.29. The number of carbonyl (C=O) groups is 2. The largest absolute Gasteiger partial charge is 0.490 e. The van der Waals surface area contributed by atoms with E-state index in [1.807, 2.05) is 77.7 Å². The molecule has 0 aromatic heterocycles. The van der Waals surface area contributed by atoms with E-state index in [9.17, 15) is 14.7 Å². The Morgan fingerprint density at radius 2 is 1.46 bits per heavy atom. The molecule has 1 aliphatic heterocycles. The summed E-state index contributed by atoms with van der Waals surface area (Å²) in [5.74, 6) is 0.573. The van der Waals surface area contributed by atoms with Crippen LogP contribution >= 0.6 is 0 Å². The van der Waals surface area contributed by atoms with E-state index >= 15 is 0 Å². The van der Waals surface area contributed by atoms with Crippen LogP contribution in [0.4, 0.5) is 0 Å². The summed E-state index contributed by atoms with van der Waals surface area (Å²) in [5.41, 5.74) is 2.37. The first kappa shape index (κ1) is 24.6. The standard InChI is InChI=1S/C29H32N2O4/c32-25(21-30-17-19-31(20-18-30)29(34)24-11-5-2-6-12-24)22-35-28-14-8-7-13-26(28)27(33)16-15-23-9-3-1-4-10-23/h1-14,25,32H,15-22H2/t25-/m1/s1. The molecule has 6 heteroatoms. The fourth-order valence-corrected chi connectivity index (χ4v) is 4.29. The van der Waals surface area contributed by atoms with Crippen LogP contribution in [-0.2, 0) is 6.42 Å². The van der Waals surface area contributed by atoms with E-state index in [-0.39, 0.29) is 18.3 Å². The maximum Gasteiger partial charge on any atom is 0.253 e. The molecular formula is C29H32N2O4. The molecule has 3 aromatic rings. The van der Waals surface area contributed by atoms with Crippen LogP contribution in [0.15, 0.2) is 84.9 Å². The molecule has 6 nitrogen and oxygen atoms in total. The molecule has 0 saturated carbocycles. The number of β-amino-alcohol motifs (C(OH)–C–C–N with tert-alkyl or cyclic N) is 1. The van der Waals surface area contributed by atoms with Gasteiger partial charge in [0.05, 0.1) is 5.56 Å². The van der Waals surface area contributed by atoms with Crippen LogP contribution in [0.1, 0.15) is 32.7 Å². The predicted molar refractivity (Wildman–Crippen MR) is 136 cm³/mol. The van der Waals surface area contributed by atoms with Crippen molar-refractivity contribution in [1.82, 2.24) is 9.80 Å². The quantitative estimate of drug-likeness (QED) is 0.456. The highest BCUT2D eigenvalue weighted by atomic mass is 16.5. The second-order valence-electron chi connectivity index (χ2n) is 8.83. The summed E-state index contributed by atoms with van der Waals surface area (Å²) in [7, 11) is 0. The number of carbonyl (C=O) groups excluding carboxylic acids is 2. The van der Waals surface area contributed by atoms with Crippen LogP contribution in [0.5, 0.6) is 5.75 Å². The lowest BCUT2D eigenvalue weighted by Gasteiger charge is -2.35. The van der Waals surface area contributed by atoms with Gasteiger partial charge in [0, 0.05) is 44.7 Å². The zero-order valence-electron chi connectivity index (χ0n) is 19.9. The van der Waals surface area contributed by atoms with E-state index in [1.165, 1.54) is 0 Å². The first-order valence-corrected chi connectivity index (χ1v) is 12.1. The van der Waals surface area contributed by atoms with Crippen molar-refractivity contribution in [2.75, 3.05) is 39.3 Å². The normalized spacial score (nSPS) is 14.9. The van der Waals surface area contributed by atoms with Gasteiger partial charge in [-0.25, -0.2) is 0 Å².